The van der Waals surface area contributed by atoms with Gasteiger partial charge < -0.3 is 10.5 Å². The average Bonchev–Trinajstić information content (AvgIpc) is 2.83. The number of benzene rings is 1. The van der Waals surface area contributed by atoms with Gasteiger partial charge in [-0.15, -0.1) is 0 Å². The number of carbonyl (C=O) groups excluding carboxylic acids is 3. The minimum Gasteiger partial charge on any atom is -0.465 e. The minimum atomic E-state index is -0.791. The number of rotatable bonds is 2. The van der Waals surface area contributed by atoms with Crippen molar-refractivity contribution in [2.24, 2.45) is 0 Å². The summed E-state index contributed by atoms with van der Waals surface area (Å²) < 4.78 is 5.57. The highest BCUT2D eigenvalue weighted by Gasteiger charge is 2.32. The third-order valence-corrected chi connectivity index (χ3v) is 4.36. The molecular formula is C15H9Cl2N3O5. The molecule has 0 fully saturated rings. The number of amides is 2. The summed E-state index contributed by atoms with van der Waals surface area (Å²) in [5, 5.41) is 2.16. The largest absolute Gasteiger partial charge is 0.465 e. The fourth-order valence-corrected chi connectivity index (χ4v) is 2.84. The predicted octanol–water partition coefficient (Wildman–Crippen LogP) is 1.40. The lowest BCUT2D eigenvalue weighted by molar-refractivity contribution is 0.0600. The van der Waals surface area contributed by atoms with Crippen molar-refractivity contribution in [1.29, 1.82) is 0 Å². The first-order valence-corrected chi connectivity index (χ1v) is 7.50. The number of halogens is 2. The molecule has 1 aromatic heterocycles. The van der Waals surface area contributed by atoms with Gasteiger partial charge in [-0.25, -0.2) is 4.79 Å². The van der Waals surface area contributed by atoms with Gasteiger partial charge in [0.05, 0.1) is 39.5 Å². The molecule has 2 aromatic rings. The molecule has 2 amide bonds. The van der Waals surface area contributed by atoms with E-state index in [0.717, 1.165) is 17.7 Å². The number of ether oxygens (including phenoxy) is 1. The Morgan fingerprint density at radius 1 is 1.12 bits per heavy atom. The number of pyridine rings is 1. The fourth-order valence-electron chi connectivity index (χ4n) is 2.52. The number of nitrogens with zero attached hydrogens (tertiary/aromatic N) is 1. The Hall–Kier alpha value is -2.84. The standard InChI is InChI=1S/C15H9Cl2N3O5/c1-25-15(24)5-2-7(16)8(17)4-9(5)20-10(21)3-6-11(12(20)18)14(23)19-13(6)22/h2-4H,18H2,1H3,(H,19,22,23). The van der Waals surface area contributed by atoms with Crippen LogP contribution < -0.4 is 16.6 Å². The van der Waals surface area contributed by atoms with Gasteiger partial charge >= 0.3 is 5.97 Å². The van der Waals surface area contributed by atoms with Crippen LogP contribution in [0.1, 0.15) is 31.1 Å². The number of aromatic nitrogens is 1. The molecule has 1 aliphatic heterocycles. The molecule has 3 rings (SSSR count). The second kappa shape index (κ2) is 5.91. The van der Waals surface area contributed by atoms with Crippen LogP contribution in [0.2, 0.25) is 10.0 Å². The molecule has 0 bridgehead atoms. The van der Waals surface area contributed by atoms with E-state index >= 15 is 0 Å². The van der Waals surface area contributed by atoms with Crippen molar-refractivity contribution in [3.05, 3.63) is 55.3 Å². The molecular weight excluding hydrogens is 373 g/mol. The highest BCUT2D eigenvalue weighted by molar-refractivity contribution is 6.42. The molecule has 2 heterocycles. The van der Waals surface area contributed by atoms with E-state index in [2.05, 4.69) is 4.74 Å². The predicted molar refractivity (Wildman–Crippen MR) is 89.6 cm³/mol. The van der Waals surface area contributed by atoms with Gasteiger partial charge in [0.1, 0.15) is 5.82 Å². The lowest BCUT2D eigenvalue weighted by atomic mass is 10.1. The van der Waals surface area contributed by atoms with Crippen LogP contribution in [0.4, 0.5) is 5.82 Å². The van der Waals surface area contributed by atoms with E-state index in [1.165, 1.54) is 12.1 Å². The molecule has 0 saturated carbocycles. The van der Waals surface area contributed by atoms with E-state index in [9.17, 15) is 19.2 Å². The number of nitrogen functional groups attached to an aromatic ring is 1. The quantitative estimate of drug-likeness (QED) is 0.598. The lowest BCUT2D eigenvalue weighted by Crippen LogP contribution is -2.25. The second-order valence-corrected chi connectivity index (χ2v) is 5.86. The van der Waals surface area contributed by atoms with Gasteiger partial charge in [0.2, 0.25) is 0 Å². The maximum atomic E-state index is 12.5. The van der Waals surface area contributed by atoms with Gasteiger partial charge in [-0.1, -0.05) is 23.2 Å². The van der Waals surface area contributed by atoms with Gasteiger partial charge in [-0.2, -0.15) is 0 Å². The molecule has 3 N–H and O–H groups in total. The third-order valence-electron chi connectivity index (χ3n) is 3.64. The van der Waals surface area contributed by atoms with Gasteiger partial charge in [0, 0.05) is 6.07 Å². The van der Waals surface area contributed by atoms with E-state index in [1.54, 1.807) is 0 Å². The van der Waals surface area contributed by atoms with Crippen molar-refractivity contribution in [1.82, 2.24) is 9.88 Å². The normalized spacial score (nSPS) is 12.8. The average molecular weight is 382 g/mol. The third kappa shape index (κ3) is 2.55. The number of esters is 1. The van der Waals surface area contributed by atoms with Crippen LogP contribution in [0.5, 0.6) is 0 Å². The Morgan fingerprint density at radius 3 is 2.40 bits per heavy atom. The number of nitrogens with two attached hydrogens (primary N) is 1. The van der Waals surface area contributed by atoms with E-state index < -0.39 is 23.3 Å². The summed E-state index contributed by atoms with van der Waals surface area (Å²) in [5.41, 5.74) is 4.80. The van der Waals surface area contributed by atoms with Crippen molar-refractivity contribution in [3.8, 4) is 5.69 Å². The zero-order valence-electron chi connectivity index (χ0n) is 12.6. The highest BCUT2D eigenvalue weighted by atomic mass is 35.5. The van der Waals surface area contributed by atoms with Crippen molar-refractivity contribution >= 4 is 46.8 Å². The van der Waals surface area contributed by atoms with Crippen molar-refractivity contribution in [2.75, 3.05) is 12.8 Å². The van der Waals surface area contributed by atoms with E-state index in [-0.39, 0.29) is 38.2 Å². The Balaban J connectivity index is 2.40. The van der Waals surface area contributed by atoms with Gasteiger partial charge in [-0.3, -0.25) is 24.3 Å². The molecule has 0 radical (unpaired) electrons. The summed E-state index contributed by atoms with van der Waals surface area (Å²) in [5.74, 6) is -2.57. The van der Waals surface area contributed by atoms with Crippen LogP contribution in [0.25, 0.3) is 5.69 Å². The molecule has 1 aromatic carbocycles. The molecule has 0 saturated heterocycles. The summed E-state index contributed by atoms with van der Waals surface area (Å²) in [4.78, 5) is 48.1. The van der Waals surface area contributed by atoms with E-state index in [4.69, 9.17) is 28.9 Å². The molecule has 0 unspecified atom stereocenters. The molecule has 0 atom stereocenters. The SMILES string of the molecule is COC(=O)c1cc(Cl)c(Cl)cc1-n1c(N)c2c(cc1=O)C(=O)NC2=O. The first kappa shape index (κ1) is 17.0. The Kier molecular flexibility index (Phi) is 4.02. The summed E-state index contributed by atoms with van der Waals surface area (Å²) in [6, 6.07) is 3.42. The first-order chi connectivity index (χ1) is 11.8. The van der Waals surface area contributed by atoms with Crippen LogP contribution in [0.3, 0.4) is 0 Å². The summed E-state index contributed by atoms with van der Waals surface area (Å²) >= 11 is 11.9. The van der Waals surface area contributed by atoms with Crippen LogP contribution in [0, 0.1) is 0 Å². The topological polar surface area (TPSA) is 120 Å². The second-order valence-electron chi connectivity index (χ2n) is 5.05. The minimum absolute atomic E-state index is 0.0290. The van der Waals surface area contributed by atoms with E-state index in [1.807, 2.05) is 5.32 Å². The zero-order chi connectivity index (χ0) is 18.5. The van der Waals surface area contributed by atoms with Gasteiger partial charge in [0.15, 0.2) is 0 Å². The number of nitrogens with one attached hydrogen (secondary N) is 1. The number of hydrogen-bond donors (Lipinski definition) is 2. The van der Waals surface area contributed by atoms with Crippen molar-refractivity contribution < 1.29 is 19.1 Å². The highest BCUT2D eigenvalue weighted by Crippen LogP contribution is 2.31. The summed E-state index contributed by atoms with van der Waals surface area (Å²) in [7, 11) is 1.15. The van der Waals surface area contributed by atoms with Crippen LogP contribution in [0.15, 0.2) is 23.0 Å². The monoisotopic (exact) mass is 381 g/mol. The number of hydrogen-bond acceptors (Lipinski definition) is 6. The molecule has 8 nitrogen and oxygen atoms in total. The maximum Gasteiger partial charge on any atom is 0.340 e. The number of fused-ring (bicyclic) bond motifs is 1. The maximum absolute atomic E-state index is 12.5. The summed E-state index contributed by atoms with van der Waals surface area (Å²) in [6.07, 6.45) is 0. The van der Waals surface area contributed by atoms with Crippen LogP contribution in [-0.2, 0) is 4.74 Å². The number of anilines is 1. The number of carbonyl (C=O) groups is 3. The Labute approximate surface area is 150 Å². The summed E-state index contributed by atoms with van der Waals surface area (Å²) in [6.45, 7) is 0. The zero-order valence-corrected chi connectivity index (χ0v) is 14.1. The Morgan fingerprint density at radius 2 is 1.76 bits per heavy atom. The Bertz CT molecular complexity index is 1030. The molecule has 0 aliphatic carbocycles. The molecule has 0 spiro atoms. The van der Waals surface area contributed by atoms with Gasteiger partial charge in [-0.05, 0) is 12.1 Å². The first-order valence-electron chi connectivity index (χ1n) is 6.75. The molecule has 10 heteroatoms. The van der Waals surface area contributed by atoms with Crippen molar-refractivity contribution in [3.63, 3.8) is 0 Å². The fraction of sp³-hybridized carbons (Fsp3) is 0.0667. The lowest BCUT2D eigenvalue weighted by Gasteiger charge is -2.15. The number of methoxy groups -OCH3 is 1. The molecule has 1 aliphatic rings. The van der Waals surface area contributed by atoms with E-state index in [0.29, 0.717) is 0 Å². The van der Waals surface area contributed by atoms with Crippen molar-refractivity contribution in [2.45, 2.75) is 0 Å². The molecule has 128 valence electrons. The van der Waals surface area contributed by atoms with Gasteiger partial charge in [0.25, 0.3) is 17.4 Å². The molecule has 25 heavy (non-hydrogen) atoms. The van der Waals surface area contributed by atoms with Crippen LogP contribution >= 0.6 is 23.2 Å². The van der Waals surface area contributed by atoms with Crippen LogP contribution in [-0.4, -0.2) is 29.5 Å². The number of imide groups is 1. The smallest absolute Gasteiger partial charge is 0.340 e.